The van der Waals surface area contributed by atoms with Gasteiger partial charge in [0, 0.05) is 17.6 Å². The van der Waals surface area contributed by atoms with E-state index < -0.39 is 26.0 Å². The van der Waals surface area contributed by atoms with Gasteiger partial charge in [-0.25, -0.2) is 31.1 Å². The van der Waals surface area contributed by atoms with Crippen molar-refractivity contribution in [2.75, 3.05) is 43.1 Å². The Morgan fingerprint density at radius 2 is 1.43 bits per heavy atom. The van der Waals surface area contributed by atoms with Crippen LogP contribution in [0.25, 0.3) is 0 Å². The van der Waals surface area contributed by atoms with Gasteiger partial charge >= 0.3 is 11.9 Å². The van der Waals surface area contributed by atoms with E-state index in [-0.39, 0.29) is 11.7 Å². The Morgan fingerprint density at radius 3 is 1.89 bits per heavy atom. The molecule has 2 fully saturated rings. The fourth-order valence-corrected chi connectivity index (χ4v) is 6.63. The maximum absolute atomic E-state index is 11.9. The first-order valence-electron chi connectivity index (χ1n) is 11.3. The summed E-state index contributed by atoms with van der Waals surface area (Å²) in [6, 6.07) is 10.6. The summed E-state index contributed by atoms with van der Waals surface area (Å²) >= 11 is 3.27. The number of anilines is 1. The van der Waals surface area contributed by atoms with Crippen LogP contribution in [0.1, 0.15) is 44.7 Å². The number of ether oxygens (including phenoxy) is 2. The van der Waals surface area contributed by atoms with Gasteiger partial charge in [-0.05, 0) is 66.9 Å². The highest BCUT2D eigenvalue weighted by Crippen LogP contribution is 2.29. The van der Waals surface area contributed by atoms with Crippen LogP contribution in [0.15, 0.2) is 40.9 Å². The number of halogens is 1. The molecule has 0 bridgehead atoms. The normalized spacial score (nSPS) is 17.1. The van der Waals surface area contributed by atoms with E-state index >= 15 is 0 Å². The molecule has 0 radical (unpaired) electrons. The monoisotopic (exact) mass is 618 g/mol. The SMILES string of the molecule is COC(=O)c1cc(C)ccc1Br.COC(=O)c1cc(C)ccc1N1CCCS1(=O)=O.O=S1(=O)CCCN1. The molecule has 13 heteroatoms. The third-order valence-corrected chi connectivity index (χ3v) is 9.38. The van der Waals surface area contributed by atoms with Gasteiger partial charge in [-0.15, -0.1) is 0 Å². The predicted octanol–water partition coefficient (Wildman–Crippen LogP) is 3.18. The van der Waals surface area contributed by atoms with Crippen molar-refractivity contribution in [2.45, 2.75) is 26.7 Å². The molecule has 2 saturated heterocycles. The lowest BCUT2D eigenvalue weighted by atomic mass is 10.1. The number of esters is 2. The molecule has 0 unspecified atom stereocenters. The van der Waals surface area contributed by atoms with Gasteiger partial charge in [0.1, 0.15) is 0 Å². The number of aryl methyl sites for hydroxylation is 2. The lowest BCUT2D eigenvalue weighted by Gasteiger charge is -2.19. The molecule has 2 aliphatic heterocycles. The van der Waals surface area contributed by atoms with E-state index in [1.165, 1.54) is 18.5 Å². The fraction of sp³-hybridized carbons (Fsp3) is 0.417. The number of benzene rings is 2. The molecule has 0 saturated carbocycles. The summed E-state index contributed by atoms with van der Waals surface area (Å²) in [6.45, 7) is 4.81. The maximum Gasteiger partial charge on any atom is 0.340 e. The van der Waals surface area contributed by atoms with Crippen molar-refractivity contribution in [1.29, 1.82) is 0 Å². The van der Waals surface area contributed by atoms with Gasteiger partial charge in [-0.1, -0.05) is 23.3 Å². The van der Waals surface area contributed by atoms with E-state index in [9.17, 15) is 26.4 Å². The average molecular weight is 620 g/mol. The third-order valence-electron chi connectivity index (χ3n) is 5.36. The van der Waals surface area contributed by atoms with E-state index in [1.54, 1.807) is 24.3 Å². The number of carbonyl (C=O) groups is 2. The number of hydrogen-bond donors (Lipinski definition) is 1. The van der Waals surface area contributed by atoms with Gasteiger partial charge in [0.25, 0.3) is 0 Å². The molecule has 0 amide bonds. The Bertz CT molecular complexity index is 1330. The van der Waals surface area contributed by atoms with Gasteiger partial charge in [-0.3, -0.25) is 4.31 Å². The van der Waals surface area contributed by atoms with E-state index in [2.05, 4.69) is 25.4 Å². The Morgan fingerprint density at radius 1 is 0.865 bits per heavy atom. The number of sulfonamides is 2. The van der Waals surface area contributed by atoms with Gasteiger partial charge in [-0.2, -0.15) is 0 Å². The minimum atomic E-state index is -3.29. The average Bonchev–Trinajstić information content (AvgIpc) is 3.43. The fourth-order valence-electron chi connectivity index (χ4n) is 3.52. The molecule has 1 N–H and O–H groups in total. The van der Waals surface area contributed by atoms with Crippen molar-refractivity contribution in [3.63, 3.8) is 0 Å². The molecule has 0 atom stereocenters. The minimum absolute atomic E-state index is 0.126. The van der Waals surface area contributed by atoms with Crippen LogP contribution in [-0.2, 0) is 29.5 Å². The molecule has 0 aromatic heterocycles. The number of rotatable bonds is 3. The van der Waals surface area contributed by atoms with E-state index in [0.717, 1.165) is 22.0 Å². The highest BCUT2D eigenvalue weighted by molar-refractivity contribution is 9.10. The lowest BCUT2D eigenvalue weighted by Crippen LogP contribution is -2.27. The smallest absolute Gasteiger partial charge is 0.340 e. The first-order chi connectivity index (χ1) is 17.3. The van der Waals surface area contributed by atoms with Crippen LogP contribution < -0.4 is 9.03 Å². The van der Waals surface area contributed by atoms with Crippen LogP contribution in [0.2, 0.25) is 0 Å². The summed E-state index contributed by atoms with van der Waals surface area (Å²) in [5.41, 5.74) is 3.19. The van der Waals surface area contributed by atoms with Gasteiger partial charge in [0.15, 0.2) is 0 Å². The molecule has 2 aromatic carbocycles. The lowest BCUT2D eigenvalue weighted by molar-refractivity contribution is 0.0591. The van der Waals surface area contributed by atoms with Crippen molar-refractivity contribution in [3.05, 3.63) is 63.1 Å². The zero-order chi connectivity index (χ0) is 27.8. The quantitative estimate of drug-likeness (QED) is 0.518. The molecule has 0 aliphatic carbocycles. The standard InChI is InChI=1S/C12H15NO4S.C9H9BrO2.C3H7NO2S/c1-9-4-5-11(10(8-9)12(14)17-2)13-6-3-7-18(13,15)16;1-6-3-4-8(10)7(5-6)9(11)12-2;5-7(6)3-1-2-4-7/h4-5,8H,3,6-7H2,1-2H3;3-5H,1-2H3;4H,1-3H2. The van der Waals surface area contributed by atoms with E-state index in [0.29, 0.717) is 42.1 Å². The Labute approximate surface area is 226 Å². The summed E-state index contributed by atoms with van der Waals surface area (Å²) in [5, 5.41) is 0. The second-order valence-electron chi connectivity index (χ2n) is 8.30. The third kappa shape index (κ3) is 8.80. The second kappa shape index (κ2) is 13.4. The highest BCUT2D eigenvalue weighted by atomic mass is 79.9. The highest BCUT2D eigenvalue weighted by Gasteiger charge is 2.31. The van der Waals surface area contributed by atoms with Crippen LogP contribution in [0.3, 0.4) is 0 Å². The zero-order valence-corrected chi connectivity index (χ0v) is 24.3. The Kier molecular flexibility index (Phi) is 11.1. The molecule has 2 aromatic rings. The number of carbonyl (C=O) groups excluding carboxylic acids is 2. The van der Waals surface area contributed by atoms with Crippen molar-refractivity contribution < 1.29 is 35.9 Å². The van der Waals surface area contributed by atoms with Crippen LogP contribution in [0, 0.1) is 13.8 Å². The van der Waals surface area contributed by atoms with Crippen molar-refractivity contribution >= 4 is 53.6 Å². The summed E-state index contributed by atoms with van der Waals surface area (Å²) < 4.78 is 58.1. The molecule has 37 heavy (non-hydrogen) atoms. The first-order valence-corrected chi connectivity index (χ1v) is 15.4. The zero-order valence-electron chi connectivity index (χ0n) is 21.1. The van der Waals surface area contributed by atoms with E-state index in [1.807, 2.05) is 26.0 Å². The second-order valence-corrected chi connectivity index (χ2v) is 13.1. The van der Waals surface area contributed by atoms with Gasteiger partial charge in [0.05, 0.1) is 42.5 Å². The van der Waals surface area contributed by atoms with Crippen molar-refractivity contribution in [3.8, 4) is 0 Å². The van der Waals surface area contributed by atoms with Gasteiger partial charge < -0.3 is 9.47 Å². The number of nitrogens with zero attached hydrogens (tertiary/aromatic N) is 1. The summed E-state index contributed by atoms with van der Waals surface area (Å²) in [6.07, 6.45) is 1.35. The Hall–Kier alpha value is -2.48. The summed E-state index contributed by atoms with van der Waals surface area (Å²) in [5.74, 6) is -0.393. The maximum atomic E-state index is 11.9. The number of nitrogens with one attached hydrogen (secondary N) is 1. The number of methoxy groups -OCH3 is 2. The topological polar surface area (TPSA) is 136 Å². The largest absolute Gasteiger partial charge is 0.465 e. The molecular formula is C24H31BrN2O8S2. The van der Waals surface area contributed by atoms with E-state index in [4.69, 9.17) is 4.74 Å². The molecule has 2 heterocycles. The molecule has 204 valence electrons. The minimum Gasteiger partial charge on any atom is -0.465 e. The summed E-state index contributed by atoms with van der Waals surface area (Å²) in [7, 11) is -3.43. The first kappa shape index (κ1) is 30.7. The van der Waals surface area contributed by atoms with Crippen LogP contribution >= 0.6 is 15.9 Å². The number of hydrogen-bond acceptors (Lipinski definition) is 8. The van der Waals surface area contributed by atoms with Crippen LogP contribution in [0.4, 0.5) is 5.69 Å². The predicted molar refractivity (Wildman–Crippen MR) is 145 cm³/mol. The van der Waals surface area contributed by atoms with Crippen LogP contribution in [0.5, 0.6) is 0 Å². The van der Waals surface area contributed by atoms with Gasteiger partial charge in [0.2, 0.25) is 20.0 Å². The molecule has 0 spiro atoms. The van der Waals surface area contributed by atoms with Crippen LogP contribution in [-0.4, -0.2) is 67.6 Å². The Balaban J connectivity index is 0.000000217. The van der Waals surface area contributed by atoms with Crippen molar-refractivity contribution in [1.82, 2.24) is 4.72 Å². The summed E-state index contributed by atoms with van der Waals surface area (Å²) in [4.78, 5) is 22.8. The molecule has 10 nitrogen and oxygen atoms in total. The molecule has 2 aliphatic rings. The molecule has 4 rings (SSSR count). The molecular weight excluding hydrogens is 588 g/mol. The van der Waals surface area contributed by atoms with Crippen molar-refractivity contribution in [2.24, 2.45) is 0 Å².